The Hall–Kier alpha value is -2.19. The van der Waals surface area contributed by atoms with Crippen molar-refractivity contribution in [3.63, 3.8) is 0 Å². The van der Waals surface area contributed by atoms with Crippen LogP contribution in [0.25, 0.3) is 0 Å². The van der Waals surface area contributed by atoms with Gasteiger partial charge in [0, 0.05) is 24.9 Å². The van der Waals surface area contributed by atoms with Crippen LogP contribution in [0, 0.1) is 11.3 Å². The van der Waals surface area contributed by atoms with Gasteiger partial charge in [-0.05, 0) is 52.4 Å². The summed E-state index contributed by atoms with van der Waals surface area (Å²) in [6.07, 6.45) is 24.3. The molecule has 1 saturated heterocycles. The number of carboxylic acids is 1. The third-order valence-corrected chi connectivity index (χ3v) is 7.62. The lowest BCUT2D eigenvalue weighted by Crippen LogP contribution is -2.57. The summed E-state index contributed by atoms with van der Waals surface area (Å²) in [6.45, 7) is 10.3. The van der Waals surface area contributed by atoms with Crippen molar-refractivity contribution < 1.29 is 29.0 Å². The molecule has 3 N–H and O–H groups in total. The minimum absolute atomic E-state index is 0.0325. The number of allylic oxidation sites excluding steroid dienone is 2. The molecule has 0 aliphatic carbocycles. The lowest BCUT2D eigenvalue weighted by molar-refractivity contribution is -0.304. The van der Waals surface area contributed by atoms with Gasteiger partial charge in [-0.15, -0.1) is 0 Å². The molecule has 0 bridgehead atoms. The Bertz CT molecular complexity index is 836. The molecule has 1 heterocycles. The Morgan fingerprint density at radius 1 is 0.833 bits per heavy atom. The Labute approximate surface area is 255 Å². The average molecular weight is 593 g/mol. The van der Waals surface area contributed by atoms with Crippen LogP contribution in [0.5, 0.6) is 0 Å². The molecule has 8 heteroatoms. The summed E-state index contributed by atoms with van der Waals surface area (Å²) < 4.78 is 11.5. The number of unbranched alkanes of at least 4 members (excludes halogenated alkanes) is 11. The zero-order chi connectivity index (χ0) is 31.3. The summed E-state index contributed by atoms with van der Waals surface area (Å²) in [4.78, 5) is 36.6. The van der Waals surface area contributed by atoms with E-state index in [-0.39, 0.29) is 18.4 Å². The molecule has 0 aromatic carbocycles. The molecule has 242 valence electrons. The molecule has 1 aliphatic rings. The fourth-order valence-electron chi connectivity index (χ4n) is 4.86. The number of hydrogen-bond acceptors (Lipinski definition) is 5. The van der Waals surface area contributed by atoms with Crippen molar-refractivity contribution in [2.75, 3.05) is 19.7 Å². The molecule has 0 saturated carbocycles. The van der Waals surface area contributed by atoms with Crippen LogP contribution in [0.4, 0.5) is 0 Å². The molecule has 1 fully saturated rings. The fourth-order valence-corrected chi connectivity index (χ4v) is 4.86. The number of rotatable bonds is 23. The van der Waals surface area contributed by atoms with Crippen molar-refractivity contribution in [2.24, 2.45) is 11.3 Å². The molecule has 0 spiro atoms. The van der Waals surface area contributed by atoms with Crippen molar-refractivity contribution in [2.45, 2.75) is 143 Å². The summed E-state index contributed by atoms with van der Waals surface area (Å²) >= 11 is 0. The lowest BCUT2D eigenvalue weighted by atomic mass is 9.85. The van der Waals surface area contributed by atoms with E-state index in [1.807, 2.05) is 13.8 Å². The predicted molar refractivity (Wildman–Crippen MR) is 169 cm³/mol. The van der Waals surface area contributed by atoms with Crippen LogP contribution in [0.2, 0.25) is 0 Å². The number of amides is 2. The van der Waals surface area contributed by atoms with Gasteiger partial charge in [0.05, 0.1) is 12.5 Å². The number of hydrogen-bond donors (Lipinski definition) is 3. The van der Waals surface area contributed by atoms with Gasteiger partial charge in [0.15, 0.2) is 5.79 Å². The minimum Gasteiger partial charge on any atom is -0.481 e. The molecular weight excluding hydrogens is 532 g/mol. The van der Waals surface area contributed by atoms with Crippen LogP contribution >= 0.6 is 0 Å². The van der Waals surface area contributed by atoms with Crippen molar-refractivity contribution >= 4 is 17.8 Å². The molecule has 0 radical (unpaired) electrons. The molecular formula is C34H60N2O6. The van der Waals surface area contributed by atoms with Crippen LogP contribution in [0.1, 0.15) is 131 Å². The van der Waals surface area contributed by atoms with E-state index < -0.39 is 29.2 Å². The van der Waals surface area contributed by atoms with Crippen LogP contribution in [0.15, 0.2) is 24.3 Å². The highest BCUT2D eigenvalue weighted by atomic mass is 16.7. The first kappa shape index (κ1) is 37.8. The van der Waals surface area contributed by atoms with Crippen molar-refractivity contribution in [1.29, 1.82) is 0 Å². The predicted octanol–water partition coefficient (Wildman–Crippen LogP) is 7.08. The van der Waals surface area contributed by atoms with Crippen LogP contribution in [-0.2, 0) is 23.9 Å². The van der Waals surface area contributed by atoms with Crippen LogP contribution in [-0.4, -0.2) is 54.5 Å². The van der Waals surface area contributed by atoms with E-state index in [1.54, 1.807) is 26.0 Å². The molecule has 0 aromatic heterocycles. The first-order valence-electron chi connectivity index (χ1n) is 16.4. The molecule has 2 atom stereocenters. The Balaban J connectivity index is 2.11. The Kier molecular flexibility index (Phi) is 19.4. The number of carboxylic acid groups (broad SMARTS) is 1. The first-order chi connectivity index (χ1) is 20.0. The third kappa shape index (κ3) is 17.7. The second-order valence-corrected chi connectivity index (χ2v) is 12.8. The molecule has 1 aliphatic heterocycles. The average Bonchev–Trinajstić information content (AvgIpc) is 2.93. The van der Waals surface area contributed by atoms with Gasteiger partial charge in [0.2, 0.25) is 11.8 Å². The summed E-state index contributed by atoms with van der Waals surface area (Å²) in [5.74, 6) is -3.08. The maximum absolute atomic E-state index is 12.8. The van der Waals surface area contributed by atoms with E-state index in [0.717, 1.165) is 25.7 Å². The highest BCUT2D eigenvalue weighted by Crippen LogP contribution is 2.34. The van der Waals surface area contributed by atoms with Crippen LogP contribution in [0.3, 0.4) is 0 Å². The number of carbonyl (C=O) groups excluding carboxylic acids is 2. The zero-order valence-electron chi connectivity index (χ0n) is 27.2. The molecule has 42 heavy (non-hydrogen) atoms. The van der Waals surface area contributed by atoms with Gasteiger partial charge >= 0.3 is 5.97 Å². The zero-order valence-corrected chi connectivity index (χ0v) is 27.2. The van der Waals surface area contributed by atoms with Gasteiger partial charge in [-0.3, -0.25) is 14.4 Å². The van der Waals surface area contributed by atoms with E-state index in [4.69, 9.17) is 9.47 Å². The third-order valence-electron chi connectivity index (χ3n) is 7.62. The summed E-state index contributed by atoms with van der Waals surface area (Å²) in [6, 6.07) is 0. The fraction of sp³-hybridized carbons (Fsp3) is 0.794. The van der Waals surface area contributed by atoms with E-state index in [1.165, 1.54) is 57.8 Å². The van der Waals surface area contributed by atoms with Gasteiger partial charge < -0.3 is 25.2 Å². The van der Waals surface area contributed by atoms with E-state index in [2.05, 4.69) is 29.7 Å². The Morgan fingerprint density at radius 2 is 1.43 bits per heavy atom. The number of aliphatic carboxylic acids is 1. The molecule has 0 aromatic rings. The highest BCUT2D eigenvalue weighted by molar-refractivity contribution is 5.82. The monoisotopic (exact) mass is 592 g/mol. The Morgan fingerprint density at radius 3 is 2.05 bits per heavy atom. The smallest absolute Gasteiger partial charge is 0.312 e. The number of ether oxygens (including phenoxy) is 2. The molecule has 2 unspecified atom stereocenters. The number of nitrogens with one attached hydrogen (secondary N) is 2. The molecule has 8 nitrogen and oxygen atoms in total. The second-order valence-electron chi connectivity index (χ2n) is 12.8. The standard InChI is InChI=1S/C34H60N2O6/c1-6-7-8-9-10-11-12-13-14-15-16-17-18-19-20-24-29(37)35-25-22-21-23-28(32(39)40)26-36-31(38)30-33(2,3)27-41-34(4,5)42-30/h13-14,21,23,28,30H,6-12,15-20,22,24-27H2,1-5H3,(H,35,37)(H,36,38)(H,39,40). The SMILES string of the molecule is CCCCCCCCC=CCCCCCCCC(=O)NCCC=CC(CNC(=O)C1OC(C)(C)OCC1(C)C)C(=O)O. The summed E-state index contributed by atoms with van der Waals surface area (Å²) in [5.41, 5.74) is -0.531. The number of carbonyl (C=O) groups is 3. The van der Waals surface area contributed by atoms with E-state index in [9.17, 15) is 19.5 Å². The van der Waals surface area contributed by atoms with Crippen molar-refractivity contribution in [1.82, 2.24) is 10.6 Å². The van der Waals surface area contributed by atoms with Gasteiger partial charge in [-0.2, -0.15) is 0 Å². The maximum Gasteiger partial charge on any atom is 0.312 e. The topological polar surface area (TPSA) is 114 Å². The second kappa shape index (κ2) is 21.5. The summed E-state index contributed by atoms with van der Waals surface area (Å²) in [7, 11) is 0. The quantitative estimate of drug-likeness (QED) is 0.0863. The summed E-state index contributed by atoms with van der Waals surface area (Å²) in [5, 5.41) is 15.2. The van der Waals surface area contributed by atoms with Gasteiger partial charge in [0.25, 0.3) is 0 Å². The highest BCUT2D eigenvalue weighted by Gasteiger charge is 2.45. The minimum atomic E-state index is -1.02. The largest absolute Gasteiger partial charge is 0.481 e. The van der Waals surface area contributed by atoms with E-state index in [0.29, 0.717) is 26.0 Å². The lowest BCUT2D eigenvalue weighted by Gasteiger charge is -2.44. The van der Waals surface area contributed by atoms with Gasteiger partial charge in [0.1, 0.15) is 6.10 Å². The van der Waals surface area contributed by atoms with E-state index >= 15 is 0 Å². The maximum atomic E-state index is 12.8. The normalized spacial score (nSPS) is 18.7. The van der Waals surface area contributed by atoms with Crippen LogP contribution < -0.4 is 10.6 Å². The van der Waals surface area contributed by atoms with Gasteiger partial charge in [-0.1, -0.05) is 96.4 Å². The first-order valence-corrected chi connectivity index (χ1v) is 16.4. The van der Waals surface area contributed by atoms with Gasteiger partial charge in [-0.25, -0.2) is 0 Å². The molecule has 1 rings (SSSR count). The van der Waals surface area contributed by atoms with Crippen molar-refractivity contribution in [3.05, 3.63) is 24.3 Å². The molecule has 2 amide bonds. The van der Waals surface area contributed by atoms with Crippen molar-refractivity contribution in [3.8, 4) is 0 Å².